The van der Waals surface area contributed by atoms with Crippen LogP contribution in [0.3, 0.4) is 0 Å². The molecule has 0 aliphatic rings. The third-order valence-corrected chi connectivity index (χ3v) is 3.59. The van der Waals surface area contributed by atoms with E-state index in [0.717, 1.165) is 17.7 Å². The molecule has 21 heavy (non-hydrogen) atoms. The van der Waals surface area contributed by atoms with Crippen LogP contribution in [0.2, 0.25) is 0 Å². The fourth-order valence-corrected chi connectivity index (χ4v) is 2.50. The molecule has 1 aromatic carbocycles. The van der Waals surface area contributed by atoms with Crippen LogP contribution in [0.25, 0.3) is 5.69 Å². The van der Waals surface area contributed by atoms with E-state index in [1.165, 1.54) is 0 Å². The second-order valence-electron chi connectivity index (χ2n) is 5.95. The lowest BCUT2D eigenvalue weighted by atomic mass is 10.0. The van der Waals surface area contributed by atoms with E-state index in [9.17, 15) is 5.11 Å². The zero-order chi connectivity index (χ0) is 15.2. The summed E-state index contributed by atoms with van der Waals surface area (Å²) in [5.41, 5.74) is 2.18. The van der Waals surface area contributed by atoms with Gasteiger partial charge in [-0.25, -0.2) is 4.68 Å². The van der Waals surface area contributed by atoms with Crippen LogP contribution < -0.4 is 5.32 Å². The normalized spacial score (nSPS) is 14.3. The molecule has 4 heteroatoms. The zero-order valence-electron chi connectivity index (χ0n) is 13.0. The molecule has 0 saturated heterocycles. The molecule has 2 aromatic rings. The highest BCUT2D eigenvalue weighted by Crippen LogP contribution is 2.16. The lowest BCUT2D eigenvalue weighted by Gasteiger charge is -2.22. The quantitative estimate of drug-likeness (QED) is 0.823. The summed E-state index contributed by atoms with van der Waals surface area (Å²) in [6.07, 6.45) is 4.89. The fourth-order valence-electron chi connectivity index (χ4n) is 2.50. The maximum atomic E-state index is 9.47. The standard InChI is InChI=1S/C17H25N3O/c1-13(2)9-16(12-21)19-14(3)15-10-18-20(11-15)17-7-5-4-6-8-17/h4-8,10-11,13-14,16,19,21H,9,12H2,1-3H3. The van der Waals surface area contributed by atoms with E-state index < -0.39 is 0 Å². The SMILES string of the molecule is CC(C)CC(CO)NC(C)c1cnn(-c2ccccc2)c1. The first kappa shape index (κ1) is 15.7. The number of aliphatic hydroxyl groups is 1. The Kier molecular flexibility index (Phi) is 5.53. The number of hydrogen-bond acceptors (Lipinski definition) is 3. The van der Waals surface area contributed by atoms with Gasteiger partial charge >= 0.3 is 0 Å². The molecule has 4 nitrogen and oxygen atoms in total. The van der Waals surface area contributed by atoms with Gasteiger partial charge in [-0.3, -0.25) is 0 Å². The Morgan fingerprint density at radius 2 is 1.90 bits per heavy atom. The molecule has 0 spiro atoms. The van der Waals surface area contributed by atoms with Gasteiger partial charge in [-0.15, -0.1) is 0 Å². The summed E-state index contributed by atoms with van der Waals surface area (Å²) >= 11 is 0. The molecule has 0 amide bonds. The van der Waals surface area contributed by atoms with E-state index in [0.29, 0.717) is 5.92 Å². The second-order valence-corrected chi connectivity index (χ2v) is 5.95. The van der Waals surface area contributed by atoms with Crippen molar-refractivity contribution in [1.82, 2.24) is 15.1 Å². The molecule has 2 rings (SSSR count). The molecule has 0 saturated carbocycles. The molecule has 0 aliphatic carbocycles. The maximum absolute atomic E-state index is 9.47. The average molecular weight is 287 g/mol. The summed E-state index contributed by atoms with van der Waals surface area (Å²) in [6.45, 7) is 6.61. The number of rotatable bonds is 7. The van der Waals surface area contributed by atoms with Gasteiger partial charge in [-0.1, -0.05) is 32.0 Å². The number of nitrogens with zero attached hydrogens (tertiary/aromatic N) is 2. The number of para-hydroxylation sites is 1. The molecule has 114 valence electrons. The van der Waals surface area contributed by atoms with Crippen molar-refractivity contribution in [2.45, 2.75) is 39.3 Å². The Bertz CT molecular complexity index is 536. The maximum Gasteiger partial charge on any atom is 0.0645 e. The Balaban J connectivity index is 2.03. The van der Waals surface area contributed by atoms with E-state index in [1.54, 1.807) is 0 Å². The Morgan fingerprint density at radius 3 is 2.52 bits per heavy atom. The summed E-state index contributed by atoms with van der Waals surface area (Å²) in [4.78, 5) is 0. The molecular weight excluding hydrogens is 262 g/mol. The Labute approximate surface area is 126 Å². The summed E-state index contributed by atoms with van der Waals surface area (Å²) in [5.74, 6) is 0.564. The summed E-state index contributed by atoms with van der Waals surface area (Å²) in [5, 5.41) is 17.4. The largest absolute Gasteiger partial charge is 0.395 e. The molecule has 2 atom stereocenters. The average Bonchev–Trinajstić information content (AvgIpc) is 2.97. The third kappa shape index (κ3) is 4.41. The van der Waals surface area contributed by atoms with Gasteiger partial charge in [0, 0.05) is 23.8 Å². The Hall–Kier alpha value is -1.65. The molecule has 0 fully saturated rings. The van der Waals surface area contributed by atoms with Gasteiger partial charge in [-0.05, 0) is 31.4 Å². The highest BCUT2D eigenvalue weighted by atomic mass is 16.3. The summed E-state index contributed by atoms with van der Waals surface area (Å²) < 4.78 is 1.88. The van der Waals surface area contributed by atoms with Gasteiger partial charge in [0.15, 0.2) is 0 Å². The fraction of sp³-hybridized carbons (Fsp3) is 0.471. The molecule has 2 unspecified atom stereocenters. The van der Waals surface area contributed by atoms with Crippen molar-refractivity contribution in [2.24, 2.45) is 5.92 Å². The molecular formula is C17H25N3O. The van der Waals surface area contributed by atoms with Gasteiger partial charge in [0.05, 0.1) is 18.5 Å². The molecule has 0 radical (unpaired) electrons. The van der Waals surface area contributed by atoms with Crippen LogP contribution in [0.4, 0.5) is 0 Å². The number of hydrogen-bond donors (Lipinski definition) is 2. The highest BCUT2D eigenvalue weighted by Gasteiger charge is 2.15. The van der Waals surface area contributed by atoms with Gasteiger partial charge < -0.3 is 10.4 Å². The first-order valence-electron chi connectivity index (χ1n) is 7.57. The van der Waals surface area contributed by atoms with Crippen molar-refractivity contribution in [2.75, 3.05) is 6.61 Å². The van der Waals surface area contributed by atoms with Crippen LogP contribution in [-0.2, 0) is 0 Å². The van der Waals surface area contributed by atoms with Crippen LogP contribution in [-0.4, -0.2) is 27.5 Å². The molecule has 2 N–H and O–H groups in total. The van der Waals surface area contributed by atoms with Crippen LogP contribution in [0.1, 0.15) is 38.8 Å². The summed E-state index contributed by atoms with van der Waals surface area (Å²) in [6, 6.07) is 10.4. The van der Waals surface area contributed by atoms with Crippen molar-refractivity contribution in [3.63, 3.8) is 0 Å². The molecule has 1 heterocycles. The van der Waals surface area contributed by atoms with E-state index in [4.69, 9.17) is 0 Å². The van der Waals surface area contributed by atoms with E-state index in [2.05, 4.69) is 31.2 Å². The summed E-state index contributed by atoms with van der Waals surface area (Å²) in [7, 11) is 0. The smallest absolute Gasteiger partial charge is 0.0645 e. The Morgan fingerprint density at radius 1 is 1.19 bits per heavy atom. The predicted octanol–water partition coefficient (Wildman–Crippen LogP) is 2.93. The number of aromatic nitrogens is 2. The number of nitrogens with one attached hydrogen (secondary N) is 1. The lowest BCUT2D eigenvalue weighted by molar-refractivity contribution is 0.215. The zero-order valence-corrected chi connectivity index (χ0v) is 13.0. The second kappa shape index (κ2) is 7.38. The minimum absolute atomic E-state index is 0.125. The lowest BCUT2D eigenvalue weighted by Crippen LogP contribution is -2.35. The minimum Gasteiger partial charge on any atom is -0.395 e. The topological polar surface area (TPSA) is 50.1 Å². The van der Waals surface area contributed by atoms with E-state index in [1.807, 2.05) is 47.4 Å². The van der Waals surface area contributed by atoms with Crippen molar-refractivity contribution in [3.8, 4) is 5.69 Å². The van der Waals surface area contributed by atoms with Crippen LogP contribution in [0.15, 0.2) is 42.7 Å². The van der Waals surface area contributed by atoms with Gasteiger partial charge in [0.2, 0.25) is 0 Å². The van der Waals surface area contributed by atoms with Crippen molar-refractivity contribution in [3.05, 3.63) is 48.3 Å². The van der Waals surface area contributed by atoms with E-state index in [-0.39, 0.29) is 18.7 Å². The molecule has 1 aromatic heterocycles. The predicted molar refractivity (Wildman–Crippen MR) is 85.4 cm³/mol. The van der Waals surface area contributed by atoms with Crippen molar-refractivity contribution >= 4 is 0 Å². The van der Waals surface area contributed by atoms with E-state index >= 15 is 0 Å². The third-order valence-electron chi connectivity index (χ3n) is 3.59. The van der Waals surface area contributed by atoms with Crippen LogP contribution >= 0.6 is 0 Å². The molecule has 0 bridgehead atoms. The van der Waals surface area contributed by atoms with Crippen LogP contribution in [0, 0.1) is 5.92 Å². The number of aliphatic hydroxyl groups excluding tert-OH is 1. The van der Waals surface area contributed by atoms with Crippen LogP contribution in [0.5, 0.6) is 0 Å². The van der Waals surface area contributed by atoms with Crippen molar-refractivity contribution < 1.29 is 5.11 Å². The monoisotopic (exact) mass is 287 g/mol. The number of benzene rings is 1. The van der Waals surface area contributed by atoms with Gasteiger partial charge in [0.25, 0.3) is 0 Å². The van der Waals surface area contributed by atoms with Crippen molar-refractivity contribution in [1.29, 1.82) is 0 Å². The van der Waals surface area contributed by atoms with Gasteiger partial charge in [-0.2, -0.15) is 5.10 Å². The first-order valence-corrected chi connectivity index (χ1v) is 7.57. The molecule has 0 aliphatic heterocycles. The first-order chi connectivity index (χ1) is 10.1. The highest BCUT2D eigenvalue weighted by molar-refractivity contribution is 5.31. The minimum atomic E-state index is 0.125. The van der Waals surface area contributed by atoms with Gasteiger partial charge in [0.1, 0.15) is 0 Å².